The fourth-order valence-corrected chi connectivity index (χ4v) is 1.57. The Kier molecular flexibility index (Phi) is 10.0. The maximum atomic E-state index is 11.1. The van der Waals surface area contributed by atoms with Gasteiger partial charge < -0.3 is 10.4 Å². The van der Waals surface area contributed by atoms with E-state index in [4.69, 9.17) is 5.11 Å². The zero-order valence-electron chi connectivity index (χ0n) is 12.6. The number of hydrogen-bond donors (Lipinski definition) is 2. The van der Waals surface area contributed by atoms with Gasteiger partial charge in [0.15, 0.2) is 0 Å². The number of amides is 1. The van der Waals surface area contributed by atoms with Gasteiger partial charge in [-0.15, -0.1) is 0 Å². The molecule has 0 aromatic carbocycles. The highest BCUT2D eigenvalue weighted by Crippen LogP contribution is 2.03. The van der Waals surface area contributed by atoms with E-state index in [-0.39, 0.29) is 11.9 Å². The Balaban J connectivity index is 4.35. The van der Waals surface area contributed by atoms with Crippen molar-refractivity contribution in [1.29, 1.82) is 0 Å². The molecular formula is C16H25NO3. The second-order valence-electron chi connectivity index (χ2n) is 4.71. The third-order valence-electron chi connectivity index (χ3n) is 2.69. The number of unbranched alkanes of at least 4 members (excludes halogenated alkanes) is 1. The number of carboxylic acid groups (broad SMARTS) is 1. The molecule has 0 aliphatic carbocycles. The van der Waals surface area contributed by atoms with Gasteiger partial charge in [-0.2, -0.15) is 0 Å². The molecule has 0 heterocycles. The molecule has 0 rings (SSSR count). The van der Waals surface area contributed by atoms with Crippen molar-refractivity contribution in [3.63, 3.8) is 0 Å². The first-order valence-electron chi connectivity index (χ1n) is 6.96. The molecule has 112 valence electrons. The SMILES string of the molecule is CCC/C=C/CC(C/C=C/C=C(\C)C(=O)O)NC(C)=O. The van der Waals surface area contributed by atoms with Crippen LogP contribution in [-0.4, -0.2) is 23.0 Å². The minimum Gasteiger partial charge on any atom is -0.478 e. The molecule has 0 radical (unpaired) electrons. The number of nitrogens with one attached hydrogen (secondary N) is 1. The average Bonchev–Trinajstić information content (AvgIpc) is 2.38. The molecule has 0 spiro atoms. The number of carbonyl (C=O) groups is 2. The first-order valence-corrected chi connectivity index (χ1v) is 6.96. The van der Waals surface area contributed by atoms with Crippen LogP contribution < -0.4 is 5.32 Å². The van der Waals surface area contributed by atoms with E-state index >= 15 is 0 Å². The van der Waals surface area contributed by atoms with Crippen LogP contribution in [0.25, 0.3) is 0 Å². The van der Waals surface area contributed by atoms with E-state index in [1.165, 1.54) is 6.92 Å². The quantitative estimate of drug-likeness (QED) is 0.387. The number of carbonyl (C=O) groups excluding carboxylic acids is 1. The van der Waals surface area contributed by atoms with Gasteiger partial charge in [-0.05, 0) is 26.2 Å². The zero-order chi connectivity index (χ0) is 15.4. The van der Waals surface area contributed by atoms with Gasteiger partial charge >= 0.3 is 5.97 Å². The molecule has 0 aliphatic rings. The Bertz CT molecular complexity index is 395. The summed E-state index contributed by atoms with van der Waals surface area (Å²) in [5, 5.41) is 11.6. The van der Waals surface area contributed by atoms with Crippen molar-refractivity contribution in [2.24, 2.45) is 0 Å². The fourth-order valence-electron chi connectivity index (χ4n) is 1.57. The van der Waals surface area contributed by atoms with E-state index in [1.54, 1.807) is 19.1 Å². The molecule has 0 saturated carbocycles. The number of hydrogen-bond acceptors (Lipinski definition) is 2. The van der Waals surface area contributed by atoms with Gasteiger partial charge in [-0.25, -0.2) is 4.79 Å². The van der Waals surface area contributed by atoms with Crippen LogP contribution in [0.1, 0.15) is 46.5 Å². The summed E-state index contributed by atoms with van der Waals surface area (Å²) >= 11 is 0. The van der Waals surface area contributed by atoms with Crippen LogP contribution >= 0.6 is 0 Å². The smallest absolute Gasteiger partial charge is 0.331 e. The molecule has 0 aromatic heterocycles. The second-order valence-corrected chi connectivity index (χ2v) is 4.71. The van der Waals surface area contributed by atoms with Gasteiger partial charge in [0.05, 0.1) is 0 Å². The van der Waals surface area contributed by atoms with Crippen LogP contribution in [0.3, 0.4) is 0 Å². The monoisotopic (exact) mass is 279 g/mol. The second kappa shape index (κ2) is 11.0. The molecule has 4 heteroatoms. The van der Waals surface area contributed by atoms with Gasteiger partial charge in [-0.1, -0.05) is 43.7 Å². The summed E-state index contributed by atoms with van der Waals surface area (Å²) in [4.78, 5) is 21.7. The van der Waals surface area contributed by atoms with Crippen molar-refractivity contribution in [2.75, 3.05) is 0 Å². The highest BCUT2D eigenvalue weighted by atomic mass is 16.4. The van der Waals surface area contributed by atoms with Crippen molar-refractivity contribution in [3.05, 3.63) is 36.0 Å². The molecule has 0 aromatic rings. The Morgan fingerprint density at radius 2 is 1.80 bits per heavy atom. The van der Waals surface area contributed by atoms with Gasteiger partial charge in [-0.3, -0.25) is 4.79 Å². The first kappa shape index (κ1) is 18.2. The molecule has 0 bridgehead atoms. The molecule has 20 heavy (non-hydrogen) atoms. The van der Waals surface area contributed by atoms with Crippen molar-refractivity contribution in [2.45, 2.75) is 52.5 Å². The summed E-state index contributed by atoms with van der Waals surface area (Å²) in [6.45, 7) is 5.17. The number of rotatable bonds is 9. The summed E-state index contributed by atoms with van der Waals surface area (Å²) in [5.74, 6) is -0.972. The van der Waals surface area contributed by atoms with Crippen molar-refractivity contribution in [1.82, 2.24) is 5.32 Å². The Morgan fingerprint density at radius 3 is 2.35 bits per heavy atom. The molecule has 1 unspecified atom stereocenters. The predicted molar refractivity (Wildman–Crippen MR) is 81.4 cm³/mol. The summed E-state index contributed by atoms with van der Waals surface area (Å²) in [5.41, 5.74) is 0.292. The highest BCUT2D eigenvalue weighted by Gasteiger charge is 2.05. The van der Waals surface area contributed by atoms with Crippen molar-refractivity contribution < 1.29 is 14.7 Å². The summed E-state index contributed by atoms with van der Waals surface area (Å²) < 4.78 is 0. The minimum absolute atomic E-state index is 0.0513. The minimum atomic E-state index is -0.921. The Labute approximate surface area is 121 Å². The summed E-state index contributed by atoms with van der Waals surface area (Å²) in [6, 6.07) is 0.0513. The lowest BCUT2D eigenvalue weighted by Crippen LogP contribution is -2.32. The Morgan fingerprint density at radius 1 is 1.15 bits per heavy atom. The van der Waals surface area contributed by atoms with Crippen LogP contribution in [0.15, 0.2) is 36.0 Å². The third kappa shape index (κ3) is 10.1. The van der Waals surface area contributed by atoms with E-state index in [9.17, 15) is 9.59 Å². The molecule has 0 aliphatic heterocycles. The van der Waals surface area contributed by atoms with Crippen LogP contribution in [0, 0.1) is 0 Å². The molecule has 1 amide bonds. The molecule has 4 nitrogen and oxygen atoms in total. The Hall–Kier alpha value is -1.84. The molecule has 2 N–H and O–H groups in total. The normalized spacial score (nSPS) is 13.8. The first-order chi connectivity index (χ1) is 9.47. The van der Waals surface area contributed by atoms with E-state index < -0.39 is 5.97 Å². The number of carboxylic acids is 1. The average molecular weight is 279 g/mol. The van der Waals surface area contributed by atoms with Crippen molar-refractivity contribution in [3.8, 4) is 0 Å². The lowest BCUT2D eigenvalue weighted by Gasteiger charge is -2.13. The van der Waals surface area contributed by atoms with E-state index in [2.05, 4.69) is 24.4 Å². The van der Waals surface area contributed by atoms with Crippen LogP contribution in [-0.2, 0) is 9.59 Å². The zero-order valence-corrected chi connectivity index (χ0v) is 12.6. The molecular weight excluding hydrogens is 254 g/mol. The van der Waals surface area contributed by atoms with Gasteiger partial charge in [0.25, 0.3) is 0 Å². The third-order valence-corrected chi connectivity index (χ3v) is 2.69. The summed E-state index contributed by atoms with van der Waals surface area (Å²) in [7, 11) is 0. The molecule has 0 saturated heterocycles. The number of allylic oxidation sites excluding steroid dienone is 3. The lowest BCUT2D eigenvalue weighted by atomic mass is 10.1. The molecule has 1 atom stereocenters. The van der Waals surface area contributed by atoms with Crippen LogP contribution in [0.4, 0.5) is 0 Å². The lowest BCUT2D eigenvalue weighted by molar-refractivity contribution is -0.132. The maximum absolute atomic E-state index is 11.1. The van der Waals surface area contributed by atoms with Gasteiger partial charge in [0.1, 0.15) is 0 Å². The predicted octanol–water partition coefficient (Wildman–Crippen LogP) is 3.21. The van der Waals surface area contributed by atoms with Crippen molar-refractivity contribution >= 4 is 11.9 Å². The fraction of sp³-hybridized carbons (Fsp3) is 0.500. The van der Waals surface area contributed by atoms with Crippen LogP contribution in [0.2, 0.25) is 0 Å². The van der Waals surface area contributed by atoms with Crippen LogP contribution in [0.5, 0.6) is 0 Å². The van der Waals surface area contributed by atoms with Gasteiger partial charge in [0, 0.05) is 18.5 Å². The van der Waals surface area contributed by atoms with E-state index in [0.29, 0.717) is 12.0 Å². The molecule has 0 fully saturated rings. The van der Waals surface area contributed by atoms with E-state index in [1.807, 2.05) is 6.08 Å². The van der Waals surface area contributed by atoms with Gasteiger partial charge in [0.2, 0.25) is 5.91 Å². The topological polar surface area (TPSA) is 66.4 Å². The number of aliphatic carboxylic acids is 1. The standard InChI is InChI=1S/C16H25NO3/c1-4-5-6-7-11-15(17-14(3)18)12-9-8-10-13(2)16(19)20/h6-10,15H,4-5,11-12H2,1-3H3,(H,17,18)(H,19,20)/b7-6+,9-8+,13-10+. The largest absolute Gasteiger partial charge is 0.478 e. The highest BCUT2D eigenvalue weighted by molar-refractivity contribution is 5.86. The van der Waals surface area contributed by atoms with E-state index in [0.717, 1.165) is 19.3 Å². The summed E-state index contributed by atoms with van der Waals surface area (Å²) in [6.07, 6.45) is 13.0. The maximum Gasteiger partial charge on any atom is 0.331 e.